The number of carbonyl (C=O) groups excluding carboxylic acids is 1. The van der Waals surface area contributed by atoms with Crippen LogP contribution in [-0.2, 0) is 0 Å². The van der Waals surface area contributed by atoms with Gasteiger partial charge < -0.3 is 15.4 Å². The molecule has 0 spiro atoms. The molecule has 0 bridgehead atoms. The Hall–Kier alpha value is -1.59. The number of rotatable bonds is 3. The number of nitrogens with one attached hydrogen (secondary N) is 1. The molecule has 1 heterocycles. The van der Waals surface area contributed by atoms with E-state index in [0.717, 1.165) is 18.4 Å². The number of nitrogen functional groups attached to an aromatic ring is 1. The zero-order chi connectivity index (χ0) is 13.1. The second kappa shape index (κ2) is 5.37. The highest BCUT2D eigenvalue weighted by atomic mass is 16.3. The van der Waals surface area contributed by atoms with Crippen LogP contribution in [0.15, 0.2) is 18.2 Å². The highest BCUT2D eigenvalue weighted by molar-refractivity contribution is 6.00. The van der Waals surface area contributed by atoms with E-state index in [1.807, 2.05) is 19.1 Å². The summed E-state index contributed by atoms with van der Waals surface area (Å²) in [5, 5.41) is 9.28. The van der Waals surface area contributed by atoms with Gasteiger partial charge in [-0.25, -0.2) is 0 Å². The van der Waals surface area contributed by atoms with Crippen molar-refractivity contribution in [1.29, 1.82) is 0 Å². The van der Waals surface area contributed by atoms with E-state index >= 15 is 0 Å². The third-order valence-electron chi connectivity index (χ3n) is 3.41. The third kappa shape index (κ3) is 2.32. The Bertz CT molecular complexity index is 448. The number of carbonyl (C=O) groups is 1. The number of aryl methyl sites for hydroxylation is 1. The minimum Gasteiger partial charge on any atom is -0.394 e. The van der Waals surface area contributed by atoms with Gasteiger partial charge in [0.1, 0.15) is 0 Å². The van der Waals surface area contributed by atoms with Crippen molar-refractivity contribution in [3.63, 3.8) is 0 Å². The summed E-state index contributed by atoms with van der Waals surface area (Å²) in [5.74, 6) is 5.37. The summed E-state index contributed by atoms with van der Waals surface area (Å²) in [6.45, 7) is 2.65. The topological polar surface area (TPSA) is 78.6 Å². The highest BCUT2D eigenvalue weighted by Crippen LogP contribution is 2.24. The number of aliphatic hydroxyl groups is 1. The standard InChI is InChI=1S/C13H19N3O2/c1-9-4-5-12(15-14)11(7-9)13(18)16-6-2-3-10(16)8-17/h4-5,7,10,15,17H,2-3,6,8,14H2,1H3. The van der Waals surface area contributed by atoms with E-state index < -0.39 is 0 Å². The lowest BCUT2D eigenvalue weighted by Crippen LogP contribution is -2.38. The molecule has 5 heteroatoms. The van der Waals surface area contributed by atoms with Crippen molar-refractivity contribution < 1.29 is 9.90 Å². The first-order chi connectivity index (χ1) is 8.67. The molecule has 0 radical (unpaired) electrons. The Morgan fingerprint density at radius 3 is 3.06 bits per heavy atom. The molecule has 0 saturated carbocycles. The second-order valence-corrected chi connectivity index (χ2v) is 4.67. The maximum atomic E-state index is 12.5. The van der Waals surface area contributed by atoms with Gasteiger partial charge in [0.15, 0.2) is 0 Å². The van der Waals surface area contributed by atoms with Crippen molar-refractivity contribution >= 4 is 11.6 Å². The number of anilines is 1. The molecule has 18 heavy (non-hydrogen) atoms. The zero-order valence-corrected chi connectivity index (χ0v) is 10.5. The van der Waals surface area contributed by atoms with Gasteiger partial charge in [-0.1, -0.05) is 11.6 Å². The lowest BCUT2D eigenvalue weighted by Gasteiger charge is -2.24. The van der Waals surface area contributed by atoms with Gasteiger partial charge in [-0.05, 0) is 31.9 Å². The van der Waals surface area contributed by atoms with Crippen molar-refractivity contribution in [2.45, 2.75) is 25.8 Å². The molecule has 1 unspecified atom stereocenters. The smallest absolute Gasteiger partial charge is 0.256 e. The Kier molecular flexibility index (Phi) is 3.84. The molecule has 4 N–H and O–H groups in total. The van der Waals surface area contributed by atoms with Crippen molar-refractivity contribution in [3.05, 3.63) is 29.3 Å². The first kappa shape index (κ1) is 12.9. The van der Waals surface area contributed by atoms with Crippen LogP contribution >= 0.6 is 0 Å². The van der Waals surface area contributed by atoms with E-state index in [1.54, 1.807) is 11.0 Å². The molecule has 1 aromatic carbocycles. The molecule has 0 aliphatic carbocycles. The maximum absolute atomic E-state index is 12.5. The van der Waals surface area contributed by atoms with E-state index in [9.17, 15) is 9.90 Å². The Balaban J connectivity index is 2.30. The molecular formula is C13H19N3O2. The molecule has 1 aromatic rings. The van der Waals surface area contributed by atoms with Gasteiger partial charge in [-0.15, -0.1) is 0 Å². The van der Waals surface area contributed by atoms with E-state index in [-0.39, 0.29) is 18.6 Å². The van der Waals surface area contributed by atoms with Crippen LogP contribution in [0.25, 0.3) is 0 Å². The van der Waals surface area contributed by atoms with Gasteiger partial charge in [-0.3, -0.25) is 10.6 Å². The number of hydrogen-bond donors (Lipinski definition) is 3. The Morgan fingerprint density at radius 2 is 2.39 bits per heavy atom. The van der Waals surface area contributed by atoms with Crippen molar-refractivity contribution in [2.24, 2.45) is 5.84 Å². The summed E-state index contributed by atoms with van der Waals surface area (Å²) in [6.07, 6.45) is 1.80. The summed E-state index contributed by atoms with van der Waals surface area (Å²) < 4.78 is 0. The first-order valence-electron chi connectivity index (χ1n) is 6.16. The molecule has 1 aliphatic rings. The minimum absolute atomic E-state index is 0.0168. The van der Waals surface area contributed by atoms with E-state index in [1.165, 1.54) is 0 Å². The molecule has 0 aromatic heterocycles. The summed E-state index contributed by atoms with van der Waals surface area (Å²) in [7, 11) is 0. The van der Waals surface area contributed by atoms with Crippen LogP contribution in [-0.4, -0.2) is 35.1 Å². The van der Waals surface area contributed by atoms with Crippen molar-refractivity contribution in [2.75, 3.05) is 18.6 Å². The summed E-state index contributed by atoms with van der Waals surface area (Å²) >= 11 is 0. The average Bonchev–Trinajstić information content (AvgIpc) is 2.86. The molecular weight excluding hydrogens is 230 g/mol. The summed E-state index contributed by atoms with van der Waals surface area (Å²) in [5.41, 5.74) is 4.75. The summed E-state index contributed by atoms with van der Waals surface area (Å²) in [4.78, 5) is 14.2. The quantitative estimate of drug-likeness (QED) is 0.549. The number of hydrazine groups is 1. The maximum Gasteiger partial charge on any atom is 0.256 e. The van der Waals surface area contributed by atoms with E-state index in [2.05, 4.69) is 5.43 Å². The molecule has 1 atom stereocenters. The van der Waals surface area contributed by atoms with Crippen LogP contribution in [0, 0.1) is 6.92 Å². The number of hydrogen-bond acceptors (Lipinski definition) is 4. The Labute approximate surface area is 107 Å². The predicted octanol–water partition coefficient (Wildman–Crippen LogP) is 0.878. The average molecular weight is 249 g/mol. The van der Waals surface area contributed by atoms with Gasteiger partial charge in [0.25, 0.3) is 5.91 Å². The van der Waals surface area contributed by atoms with Crippen LogP contribution in [0.1, 0.15) is 28.8 Å². The van der Waals surface area contributed by atoms with E-state index in [4.69, 9.17) is 5.84 Å². The second-order valence-electron chi connectivity index (χ2n) is 4.67. The number of nitrogens with zero attached hydrogens (tertiary/aromatic N) is 1. The van der Waals surface area contributed by atoms with Crippen LogP contribution in [0.5, 0.6) is 0 Å². The van der Waals surface area contributed by atoms with E-state index in [0.29, 0.717) is 17.8 Å². The van der Waals surface area contributed by atoms with Gasteiger partial charge in [-0.2, -0.15) is 0 Å². The predicted molar refractivity (Wildman–Crippen MR) is 70.1 cm³/mol. The highest BCUT2D eigenvalue weighted by Gasteiger charge is 2.29. The molecule has 1 aliphatic heterocycles. The van der Waals surface area contributed by atoms with Gasteiger partial charge in [0.2, 0.25) is 0 Å². The normalized spacial score (nSPS) is 19.1. The minimum atomic E-state index is -0.0665. The van der Waals surface area contributed by atoms with Crippen LogP contribution < -0.4 is 11.3 Å². The zero-order valence-electron chi connectivity index (χ0n) is 10.5. The van der Waals surface area contributed by atoms with Crippen molar-refractivity contribution in [3.8, 4) is 0 Å². The number of amides is 1. The molecule has 1 fully saturated rings. The number of benzene rings is 1. The lowest BCUT2D eigenvalue weighted by molar-refractivity contribution is 0.0678. The van der Waals surface area contributed by atoms with Crippen LogP contribution in [0.4, 0.5) is 5.69 Å². The number of likely N-dealkylation sites (tertiary alicyclic amines) is 1. The fourth-order valence-electron chi connectivity index (χ4n) is 2.41. The molecule has 5 nitrogen and oxygen atoms in total. The Morgan fingerprint density at radius 1 is 1.61 bits per heavy atom. The largest absolute Gasteiger partial charge is 0.394 e. The first-order valence-corrected chi connectivity index (χ1v) is 6.16. The van der Waals surface area contributed by atoms with Crippen LogP contribution in [0.2, 0.25) is 0 Å². The SMILES string of the molecule is Cc1ccc(NN)c(C(=O)N2CCCC2CO)c1. The molecule has 1 amide bonds. The lowest BCUT2D eigenvalue weighted by atomic mass is 10.1. The fourth-order valence-corrected chi connectivity index (χ4v) is 2.41. The molecule has 2 rings (SSSR count). The third-order valence-corrected chi connectivity index (χ3v) is 3.41. The summed E-state index contributed by atoms with van der Waals surface area (Å²) in [6, 6.07) is 5.46. The van der Waals surface area contributed by atoms with Crippen molar-refractivity contribution in [1.82, 2.24) is 4.90 Å². The number of nitrogens with two attached hydrogens (primary N) is 1. The van der Waals surface area contributed by atoms with Gasteiger partial charge >= 0.3 is 0 Å². The number of aliphatic hydroxyl groups excluding tert-OH is 1. The van der Waals surface area contributed by atoms with Gasteiger partial charge in [0.05, 0.1) is 23.9 Å². The monoisotopic (exact) mass is 249 g/mol. The van der Waals surface area contributed by atoms with Crippen LogP contribution in [0.3, 0.4) is 0 Å². The van der Waals surface area contributed by atoms with Gasteiger partial charge in [0, 0.05) is 6.54 Å². The fraction of sp³-hybridized carbons (Fsp3) is 0.462. The molecule has 1 saturated heterocycles. The molecule has 98 valence electrons.